The maximum Gasteiger partial charge on any atom is 0.453 e. The Hall–Kier alpha value is -1.84. The molecular weight excluding hydrogens is 396 g/mol. The number of benzene rings is 1. The summed E-state index contributed by atoms with van der Waals surface area (Å²) >= 11 is 2.73. The summed E-state index contributed by atoms with van der Waals surface area (Å²) in [5.41, 5.74) is -1.87. The van der Waals surface area contributed by atoms with E-state index < -0.39 is 40.9 Å². The number of rotatable bonds is 2. The largest absolute Gasteiger partial charge is 0.504 e. The number of hydrogen-bond acceptors (Lipinski definition) is 3. The molecule has 2 rings (SSSR count). The van der Waals surface area contributed by atoms with Crippen molar-refractivity contribution in [2.45, 2.75) is 12.4 Å². The van der Waals surface area contributed by atoms with Gasteiger partial charge in [-0.05, 0) is 17.7 Å². The van der Waals surface area contributed by atoms with Gasteiger partial charge in [-0.2, -0.15) is 26.3 Å². The molecule has 3 nitrogen and oxygen atoms in total. The monoisotopic (exact) mass is 403 g/mol. The van der Waals surface area contributed by atoms with E-state index in [0.717, 1.165) is 12.1 Å². The number of anilines is 1. The van der Waals surface area contributed by atoms with Gasteiger partial charge in [0.15, 0.2) is 5.75 Å². The average molecular weight is 404 g/mol. The number of furan rings is 1. The molecule has 0 aliphatic rings. The van der Waals surface area contributed by atoms with Gasteiger partial charge < -0.3 is 14.8 Å². The Kier molecular flexibility index (Phi) is 4.31. The van der Waals surface area contributed by atoms with E-state index in [0.29, 0.717) is 6.07 Å². The number of hydrogen-bond donors (Lipinski definition) is 2. The molecule has 126 valence electrons. The summed E-state index contributed by atoms with van der Waals surface area (Å²) in [6.45, 7) is 0. The van der Waals surface area contributed by atoms with Gasteiger partial charge in [0.2, 0.25) is 5.88 Å². The Morgan fingerprint density at radius 3 is 2.17 bits per heavy atom. The van der Waals surface area contributed by atoms with Gasteiger partial charge in [0.05, 0.1) is 11.1 Å². The highest BCUT2D eigenvalue weighted by atomic mass is 79.9. The normalized spacial score (nSPS) is 12.5. The topological polar surface area (TPSA) is 45.4 Å². The van der Waals surface area contributed by atoms with Crippen molar-refractivity contribution >= 4 is 21.8 Å². The van der Waals surface area contributed by atoms with Crippen LogP contribution in [0.25, 0.3) is 11.1 Å². The Bertz CT molecular complexity index is 735. The lowest BCUT2D eigenvalue weighted by molar-refractivity contribution is -0.153. The molecule has 0 unspecified atom stereocenters. The Morgan fingerprint density at radius 2 is 1.70 bits per heavy atom. The molecule has 0 saturated heterocycles. The van der Waals surface area contributed by atoms with Crippen molar-refractivity contribution in [3.05, 3.63) is 34.0 Å². The lowest BCUT2D eigenvalue weighted by Crippen LogP contribution is -2.06. The van der Waals surface area contributed by atoms with Gasteiger partial charge >= 0.3 is 12.4 Å². The number of alkyl halides is 6. The van der Waals surface area contributed by atoms with Crippen LogP contribution in [0, 0.1) is 0 Å². The van der Waals surface area contributed by atoms with Gasteiger partial charge in [-0.1, -0.05) is 22.0 Å². The summed E-state index contributed by atoms with van der Waals surface area (Å²) in [6, 6.07) is 2.78. The molecule has 1 aromatic carbocycles. The van der Waals surface area contributed by atoms with E-state index >= 15 is 0 Å². The van der Waals surface area contributed by atoms with Crippen molar-refractivity contribution in [3.63, 3.8) is 0 Å². The zero-order valence-electron chi connectivity index (χ0n) is 11.2. The molecular formula is C13H8BrF6NO2. The zero-order chi connectivity index (χ0) is 17.6. The van der Waals surface area contributed by atoms with E-state index in [1.165, 1.54) is 7.05 Å². The fourth-order valence-corrected chi connectivity index (χ4v) is 2.43. The van der Waals surface area contributed by atoms with Crippen molar-refractivity contribution in [3.8, 4) is 16.9 Å². The maximum absolute atomic E-state index is 12.9. The van der Waals surface area contributed by atoms with Crippen LogP contribution in [-0.2, 0) is 12.4 Å². The van der Waals surface area contributed by atoms with Crippen LogP contribution in [0.5, 0.6) is 5.75 Å². The highest BCUT2D eigenvalue weighted by Crippen LogP contribution is 2.49. The smallest absolute Gasteiger partial charge is 0.453 e. The second-order valence-electron chi connectivity index (χ2n) is 4.42. The highest BCUT2D eigenvalue weighted by molar-refractivity contribution is 9.10. The summed E-state index contributed by atoms with van der Waals surface area (Å²) in [6.07, 6.45) is -9.71. The summed E-state index contributed by atoms with van der Waals surface area (Å²) in [5.74, 6) is -3.46. The van der Waals surface area contributed by atoms with E-state index in [1.54, 1.807) is 0 Å². The molecule has 0 bridgehead atoms. The number of nitrogens with one attached hydrogen (secondary N) is 1. The molecule has 1 aromatic heterocycles. The molecule has 0 aliphatic carbocycles. The van der Waals surface area contributed by atoms with E-state index in [9.17, 15) is 31.4 Å². The molecule has 0 fully saturated rings. The van der Waals surface area contributed by atoms with E-state index in [2.05, 4.69) is 25.7 Å². The van der Waals surface area contributed by atoms with Gasteiger partial charge in [-0.25, -0.2) is 0 Å². The van der Waals surface area contributed by atoms with E-state index in [4.69, 9.17) is 0 Å². The third kappa shape index (κ3) is 3.26. The fraction of sp³-hybridized carbons (Fsp3) is 0.231. The van der Waals surface area contributed by atoms with Gasteiger partial charge in [0, 0.05) is 11.5 Å². The average Bonchev–Trinajstić information content (AvgIpc) is 2.75. The first kappa shape index (κ1) is 17.5. The first-order chi connectivity index (χ1) is 10.5. The minimum absolute atomic E-state index is 0.276. The first-order valence-corrected chi connectivity index (χ1v) is 6.74. The van der Waals surface area contributed by atoms with Crippen LogP contribution in [0.4, 0.5) is 32.2 Å². The van der Waals surface area contributed by atoms with E-state index in [-0.39, 0.29) is 10.0 Å². The fourth-order valence-electron chi connectivity index (χ4n) is 1.96. The van der Waals surface area contributed by atoms with Gasteiger partial charge in [0.25, 0.3) is 5.76 Å². The highest BCUT2D eigenvalue weighted by Gasteiger charge is 2.42. The van der Waals surface area contributed by atoms with Crippen LogP contribution >= 0.6 is 15.9 Å². The van der Waals surface area contributed by atoms with Crippen LogP contribution in [-0.4, -0.2) is 12.2 Å². The van der Waals surface area contributed by atoms with Crippen LogP contribution in [0.15, 0.2) is 27.1 Å². The summed E-state index contributed by atoms with van der Waals surface area (Å²) in [4.78, 5) is 0. The summed E-state index contributed by atoms with van der Waals surface area (Å²) < 4.78 is 81.2. The Balaban J connectivity index is 2.70. The lowest BCUT2D eigenvalue weighted by Gasteiger charge is -2.11. The molecule has 0 amide bonds. The van der Waals surface area contributed by atoms with Crippen molar-refractivity contribution < 1.29 is 35.9 Å². The molecule has 2 aromatic rings. The third-order valence-electron chi connectivity index (χ3n) is 2.93. The first-order valence-electron chi connectivity index (χ1n) is 5.94. The van der Waals surface area contributed by atoms with Crippen LogP contribution in [0.1, 0.15) is 11.3 Å². The Labute approximate surface area is 134 Å². The maximum atomic E-state index is 12.9. The molecule has 10 heteroatoms. The molecule has 0 aliphatic heterocycles. The van der Waals surface area contributed by atoms with Crippen LogP contribution in [0.3, 0.4) is 0 Å². The number of aromatic hydroxyl groups is 1. The SMILES string of the molecule is CNc1oc(C(F)(F)F)c(O)c1-c1ccc(Br)c(C(F)(F)F)c1. The Morgan fingerprint density at radius 1 is 1.09 bits per heavy atom. The number of halogens is 7. The molecule has 0 saturated carbocycles. The van der Waals surface area contributed by atoms with Crippen molar-refractivity contribution in [1.29, 1.82) is 0 Å². The van der Waals surface area contributed by atoms with Gasteiger partial charge in [-0.15, -0.1) is 0 Å². The lowest BCUT2D eigenvalue weighted by atomic mass is 10.0. The second-order valence-corrected chi connectivity index (χ2v) is 5.28. The molecule has 1 heterocycles. The zero-order valence-corrected chi connectivity index (χ0v) is 12.8. The summed E-state index contributed by atoms with van der Waals surface area (Å²) in [7, 11) is 1.21. The van der Waals surface area contributed by atoms with Crippen LogP contribution in [0.2, 0.25) is 0 Å². The summed E-state index contributed by atoms with van der Waals surface area (Å²) in [5, 5.41) is 12.0. The van der Waals surface area contributed by atoms with Crippen molar-refractivity contribution in [1.82, 2.24) is 0 Å². The minimum Gasteiger partial charge on any atom is -0.504 e. The molecule has 0 radical (unpaired) electrons. The predicted octanol–water partition coefficient (Wildman–Crippen LogP) is 5.49. The van der Waals surface area contributed by atoms with Gasteiger partial charge in [0.1, 0.15) is 0 Å². The second kappa shape index (κ2) is 5.66. The third-order valence-corrected chi connectivity index (χ3v) is 3.62. The van der Waals surface area contributed by atoms with Crippen molar-refractivity contribution in [2.24, 2.45) is 0 Å². The molecule has 0 atom stereocenters. The van der Waals surface area contributed by atoms with E-state index in [1.807, 2.05) is 0 Å². The molecule has 23 heavy (non-hydrogen) atoms. The minimum atomic E-state index is -4.99. The van der Waals surface area contributed by atoms with Gasteiger partial charge in [-0.3, -0.25) is 0 Å². The molecule has 2 N–H and O–H groups in total. The van der Waals surface area contributed by atoms with Crippen molar-refractivity contribution in [2.75, 3.05) is 12.4 Å². The molecule has 0 spiro atoms. The quantitative estimate of drug-likeness (QED) is 0.651. The van der Waals surface area contributed by atoms with Crippen LogP contribution < -0.4 is 5.32 Å². The standard InChI is InChI=1S/C13H8BrF6NO2/c1-21-11-8(9(22)10(23-11)13(18,19)20)5-2-3-7(14)6(4-5)12(15,16)17/h2-4,21-22H,1H3. The predicted molar refractivity (Wildman–Crippen MR) is 73.1 cm³/mol.